The van der Waals surface area contributed by atoms with Gasteiger partial charge in [-0.1, -0.05) is 12.1 Å². The van der Waals surface area contributed by atoms with Crippen LogP contribution >= 0.6 is 0 Å². The maximum atomic E-state index is 13.8. The van der Waals surface area contributed by atoms with E-state index in [0.717, 1.165) is 18.2 Å². The van der Waals surface area contributed by atoms with Crippen molar-refractivity contribution in [2.24, 2.45) is 0 Å². The number of pyridine rings is 1. The molecule has 176 valence electrons. The fraction of sp³-hybridized carbons (Fsp3) is 0.125. The van der Waals surface area contributed by atoms with E-state index in [-0.39, 0.29) is 35.2 Å². The minimum atomic E-state index is -3.01. The molecule has 1 aromatic heterocycles. The van der Waals surface area contributed by atoms with Gasteiger partial charge >= 0.3 is 6.61 Å². The molecule has 0 aliphatic heterocycles. The summed E-state index contributed by atoms with van der Waals surface area (Å²) in [5, 5.41) is 5.08. The summed E-state index contributed by atoms with van der Waals surface area (Å²) in [5.74, 6) is -1.81. The first-order valence-electron chi connectivity index (χ1n) is 10.1. The lowest BCUT2D eigenvalue weighted by Crippen LogP contribution is -2.16. The van der Waals surface area contributed by atoms with Crippen molar-refractivity contribution in [1.82, 2.24) is 4.98 Å². The molecule has 0 saturated heterocycles. The maximum absolute atomic E-state index is 13.8. The first-order chi connectivity index (χ1) is 16.4. The minimum Gasteiger partial charge on any atom is -0.490 e. The molecule has 7 nitrogen and oxygen atoms in total. The van der Waals surface area contributed by atoms with Crippen LogP contribution in [0.3, 0.4) is 0 Å². The van der Waals surface area contributed by atoms with E-state index in [1.165, 1.54) is 42.6 Å². The fourth-order valence-corrected chi connectivity index (χ4v) is 2.85. The third-order valence-corrected chi connectivity index (χ3v) is 4.30. The second-order valence-corrected chi connectivity index (χ2v) is 6.70. The molecule has 0 aliphatic rings. The molecule has 10 heteroatoms. The molecule has 2 amide bonds. The van der Waals surface area contributed by atoms with Crippen molar-refractivity contribution < 1.29 is 32.2 Å². The van der Waals surface area contributed by atoms with E-state index in [9.17, 15) is 22.8 Å². The Balaban J connectivity index is 1.74. The Morgan fingerprint density at radius 2 is 1.85 bits per heavy atom. The van der Waals surface area contributed by atoms with Gasteiger partial charge in [0.05, 0.1) is 18.0 Å². The summed E-state index contributed by atoms with van der Waals surface area (Å²) in [5.41, 5.74) is 0.831. The lowest BCUT2D eigenvalue weighted by Gasteiger charge is -2.12. The summed E-state index contributed by atoms with van der Waals surface area (Å²) < 4.78 is 48.6. The Labute approximate surface area is 193 Å². The SMILES string of the molecule is CCOc1cc(/C=C/C(=O)Nc2cc(F)ccc2NC(=O)c2ccccn2)ccc1OC(F)F. The Morgan fingerprint density at radius 3 is 2.56 bits per heavy atom. The number of aromatic nitrogens is 1. The fourth-order valence-electron chi connectivity index (χ4n) is 2.85. The number of nitrogens with zero attached hydrogens (tertiary/aromatic N) is 1. The van der Waals surface area contributed by atoms with E-state index in [0.29, 0.717) is 5.56 Å². The van der Waals surface area contributed by atoms with Crippen molar-refractivity contribution in [3.05, 3.63) is 83.9 Å². The van der Waals surface area contributed by atoms with Crippen LogP contribution < -0.4 is 20.1 Å². The molecule has 2 aromatic carbocycles. The maximum Gasteiger partial charge on any atom is 0.387 e. The summed E-state index contributed by atoms with van der Waals surface area (Å²) in [6.45, 7) is -1.10. The summed E-state index contributed by atoms with van der Waals surface area (Å²) in [4.78, 5) is 28.7. The van der Waals surface area contributed by atoms with Crippen LogP contribution in [0.2, 0.25) is 0 Å². The molecule has 0 fully saturated rings. The highest BCUT2D eigenvalue weighted by atomic mass is 19.3. The zero-order valence-corrected chi connectivity index (χ0v) is 17.9. The molecule has 0 aliphatic carbocycles. The third-order valence-electron chi connectivity index (χ3n) is 4.30. The number of carbonyl (C=O) groups excluding carboxylic acids is 2. The highest BCUT2D eigenvalue weighted by Gasteiger charge is 2.13. The summed E-state index contributed by atoms with van der Waals surface area (Å²) in [7, 11) is 0. The van der Waals surface area contributed by atoms with E-state index < -0.39 is 24.2 Å². The zero-order valence-electron chi connectivity index (χ0n) is 17.9. The molecule has 1 heterocycles. The standard InChI is InChI=1S/C24H20F3N3O4/c1-2-33-21-13-15(6-10-20(21)34-24(26)27)7-11-22(31)29-19-14-16(25)8-9-17(19)30-23(32)18-5-3-4-12-28-18/h3-14,24H,2H2,1H3,(H,29,31)(H,30,32)/b11-7+. The van der Waals surface area contributed by atoms with Crippen molar-refractivity contribution in [3.63, 3.8) is 0 Å². The van der Waals surface area contributed by atoms with Crippen LogP contribution in [0.15, 0.2) is 66.9 Å². The Kier molecular flexibility index (Phi) is 8.22. The first kappa shape index (κ1) is 24.3. The number of carbonyl (C=O) groups is 2. The van der Waals surface area contributed by atoms with E-state index in [1.807, 2.05) is 0 Å². The van der Waals surface area contributed by atoms with Gasteiger partial charge in [-0.05, 0) is 61.0 Å². The van der Waals surface area contributed by atoms with Crippen LogP contribution in [0.5, 0.6) is 11.5 Å². The number of anilines is 2. The summed E-state index contributed by atoms with van der Waals surface area (Å²) in [6.07, 6.45) is 4.03. The van der Waals surface area contributed by atoms with Crippen LogP contribution in [0.1, 0.15) is 23.0 Å². The van der Waals surface area contributed by atoms with Crippen molar-refractivity contribution in [3.8, 4) is 11.5 Å². The second-order valence-electron chi connectivity index (χ2n) is 6.70. The summed E-state index contributed by atoms with van der Waals surface area (Å²) >= 11 is 0. The van der Waals surface area contributed by atoms with Crippen molar-refractivity contribution in [2.45, 2.75) is 13.5 Å². The Hall–Kier alpha value is -4.34. The number of amides is 2. The van der Waals surface area contributed by atoms with Crippen LogP contribution in [-0.4, -0.2) is 30.0 Å². The molecule has 3 rings (SSSR count). The number of hydrogen-bond donors (Lipinski definition) is 2. The molecule has 0 radical (unpaired) electrons. The number of nitrogens with one attached hydrogen (secondary N) is 2. The Bertz CT molecular complexity index is 1190. The molecule has 0 saturated carbocycles. The molecule has 2 N–H and O–H groups in total. The number of rotatable bonds is 9. The van der Waals surface area contributed by atoms with Crippen LogP contribution in [0.4, 0.5) is 24.5 Å². The predicted octanol–water partition coefficient (Wildman–Crippen LogP) is 5.13. The number of alkyl halides is 2. The van der Waals surface area contributed by atoms with Gasteiger partial charge in [0.2, 0.25) is 5.91 Å². The predicted molar refractivity (Wildman–Crippen MR) is 120 cm³/mol. The molecule has 34 heavy (non-hydrogen) atoms. The number of benzene rings is 2. The van der Waals surface area contributed by atoms with Crippen LogP contribution in [-0.2, 0) is 4.79 Å². The molecule has 0 bridgehead atoms. The highest BCUT2D eigenvalue weighted by molar-refractivity contribution is 6.08. The van der Waals surface area contributed by atoms with Crippen molar-refractivity contribution in [1.29, 1.82) is 0 Å². The van der Waals surface area contributed by atoms with Crippen LogP contribution in [0.25, 0.3) is 6.08 Å². The van der Waals surface area contributed by atoms with Gasteiger partial charge in [0.25, 0.3) is 5.91 Å². The Morgan fingerprint density at radius 1 is 1.03 bits per heavy atom. The number of ether oxygens (including phenoxy) is 2. The van der Waals surface area contributed by atoms with Gasteiger partial charge in [-0.2, -0.15) is 8.78 Å². The number of hydrogen-bond acceptors (Lipinski definition) is 5. The first-order valence-corrected chi connectivity index (χ1v) is 10.1. The summed E-state index contributed by atoms with van der Waals surface area (Å²) in [6, 6.07) is 12.5. The minimum absolute atomic E-state index is 0.0367. The zero-order chi connectivity index (χ0) is 24.5. The van der Waals surface area contributed by atoms with Gasteiger partial charge in [-0.15, -0.1) is 0 Å². The van der Waals surface area contributed by atoms with E-state index in [1.54, 1.807) is 19.1 Å². The normalized spacial score (nSPS) is 10.9. The van der Waals surface area contributed by atoms with Crippen molar-refractivity contribution in [2.75, 3.05) is 17.2 Å². The largest absolute Gasteiger partial charge is 0.490 e. The van der Waals surface area contributed by atoms with Gasteiger partial charge in [0.15, 0.2) is 11.5 Å². The second kappa shape index (κ2) is 11.5. The van der Waals surface area contributed by atoms with Gasteiger partial charge in [-0.25, -0.2) is 4.39 Å². The molecular formula is C24H20F3N3O4. The van der Waals surface area contributed by atoms with Crippen molar-refractivity contribution >= 4 is 29.3 Å². The molecule has 0 spiro atoms. The molecular weight excluding hydrogens is 451 g/mol. The van der Waals surface area contributed by atoms with Gasteiger partial charge < -0.3 is 20.1 Å². The molecule has 0 unspecified atom stereocenters. The average molecular weight is 471 g/mol. The number of halogens is 3. The van der Waals surface area contributed by atoms with Gasteiger partial charge in [-0.3, -0.25) is 14.6 Å². The smallest absolute Gasteiger partial charge is 0.387 e. The highest BCUT2D eigenvalue weighted by Crippen LogP contribution is 2.30. The molecule has 3 aromatic rings. The van der Waals surface area contributed by atoms with E-state index >= 15 is 0 Å². The van der Waals surface area contributed by atoms with Gasteiger partial charge in [0.1, 0.15) is 11.5 Å². The quantitative estimate of drug-likeness (QED) is 0.423. The topological polar surface area (TPSA) is 89.6 Å². The van der Waals surface area contributed by atoms with Crippen LogP contribution in [0, 0.1) is 5.82 Å². The lowest BCUT2D eigenvalue weighted by molar-refractivity contribution is -0.111. The lowest BCUT2D eigenvalue weighted by atomic mass is 10.2. The van der Waals surface area contributed by atoms with E-state index in [2.05, 4.69) is 20.4 Å². The van der Waals surface area contributed by atoms with E-state index in [4.69, 9.17) is 4.74 Å². The third kappa shape index (κ3) is 6.83. The monoisotopic (exact) mass is 471 g/mol. The molecule has 0 atom stereocenters. The average Bonchev–Trinajstić information content (AvgIpc) is 2.81. The van der Waals surface area contributed by atoms with Gasteiger partial charge in [0, 0.05) is 12.3 Å².